The first kappa shape index (κ1) is 13.7. The molecule has 0 aliphatic carbocycles. The molecule has 1 heterocycles. The number of rotatable bonds is 5. The number of nitrogens with zero attached hydrogens (tertiary/aromatic N) is 2. The van der Waals surface area contributed by atoms with Crippen molar-refractivity contribution in [1.82, 2.24) is 4.98 Å². The van der Waals surface area contributed by atoms with Crippen LogP contribution in [0.1, 0.15) is 15.9 Å². The Bertz CT molecular complexity index is 596. The number of ether oxygens (including phenoxy) is 1. The first-order chi connectivity index (χ1) is 9.66. The van der Waals surface area contributed by atoms with Crippen molar-refractivity contribution in [2.24, 2.45) is 0 Å². The summed E-state index contributed by atoms with van der Waals surface area (Å²) in [6.07, 6.45) is 3.52. The molecule has 6 nitrogen and oxygen atoms in total. The Kier molecular flexibility index (Phi) is 4.39. The fraction of sp³-hybridized carbons (Fsp3) is 0.143. The Hall–Kier alpha value is -2.76. The van der Waals surface area contributed by atoms with Crippen LogP contribution in [0.5, 0.6) is 0 Å². The minimum absolute atomic E-state index is 0.0427. The lowest BCUT2D eigenvalue weighted by Gasteiger charge is -2.04. The van der Waals surface area contributed by atoms with Crippen LogP contribution in [0, 0.1) is 10.1 Å². The van der Waals surface area contributed by atoms with Crippen LogP contribution >= 0.6 is 0 Å². The maximum absolute atomic E-state index is 11.6. The summed E-state index contributed by atoms with van der Waals surface area (Å²) in [4.78, 5) is 25.5. The van der Waals surface area contributed by atoms with Gasteiger partial charge in [0, 0.05) is 30.9 Å². The average Bonchev–Trinajstić information content (AvgIpc) is 2.48. The third-order valence-corrected chi connectivity index (χ3v) is 2.67. The van der Waals surface area contributed by atoms with Gasteiger partial charge in [-0.15, -0.1) is 0 Å². The smallest absolute Gasteiger partial charge is 0.339 e. The molecule has 0 aliphatic heterocycles. The molecule has 2 aromatic rings. The van der Waals surface area contributed by atoms with E-state index < -0.39 is 10.9 Å². The Balaban J connectivity index is 1.84. The highest BCUT2D eigenvalue weighted by molar-refractivity contribution is 5.88. The van der Waals surface area contributed by atoms with E-state index in [1.807, 2.05) is 0 Å². The molecule has 1 aromatic heterocycles. The van der Waals surface area contributed by atoms with Gasteiger partial charge in [0.2, 0.25) is 0 Å². The van der Waals surface area contributed by atoms with E-state index in [1.54, 1.807) is 30.5 Å². The summed E-state index contributed by atoms with van der Waals surface area (Å²) in [5, 5.41) is 10.5. The summed E-state index contributed by atoms with van der Waals surface area (Å²) in [5.74, 6) is -0.431. The van der Waals surface area contributed by atoms with Crippen molar-refractivity contribution in [3.8, 4) is 0 Å². The van der Waals surface area contributed by atoms with Gasteiger partial charge < -0.3 is 4.74 Å². The van der Waals surface area contributed by atoms with Gasteiger partial charge in [-0.05, 0) is 17.7 Å². The second kappa shape index (κ2) is 6.42. The first-order valence-electron chi connectivity index (χ1n) is 5.97. The van der Waals surface area contributed by atoms with Gasteiger partial charge in [-0.25, -0.2) is 4.79 Å². The molecule has 6 heteroatoms. The van der Waals surface area contributed by atoms with E-state index in [2.05, 4.69) is 4.98 Å². The van der Waals surface area contributed by atoms with Crippen LogP contribution in [-0.2, 0) is 11.2 Å². The minimum atomic E-state index is -0.452. The summed E-state index contributed by atoms with van der Waals surface area (Å²) >= 11 is 0. The van der Waals surface area contributed by atoms with E-state index >= 15 is 0 Å². The number of nitro benzene ring substituents is 1. The van der Waals surface area contributed by atoms with Gasteiger partial charge in [0.1, 0.15) is 0 Å². The largest absolute Gasteiger partial charge is 0.462 e. The van der Waals surface area contributed by atoms with Crippen molar-refractivity contribution in [3.63, 3.8) is 0 Å². The Morgan fingerprint density at radius 1 is 1.25 bits per heavy atom. The lowest BCUT2D eigenvalue weighted by molar-refractivity contribution is -0.384. The van der Waals surface area contributed by atoms with E-state index in [0.29, 0.717) is 12.0 Å². The zero-order valence-electron chi connectivity index (χ0n) is 10.6. The number of pyridine rings is 1. The van der Waals surface area contributed by atoms with Crippen LogP contribution in [0.25, 0.3) is 0 Å². The molecule has 0 radical (unpaired) electrons. The fourth-order valence-electron chi connectivity index (χ4n) is 1.61. The highest BCUT2D eigenvalue weighted by Gasteiger charge is 2.07. The third kappa shape index (κ3) is 3.61. The lowest BCUT2D eigenvalue weighted by Crippen LogP contribution is -2.08. The number of aromatic nitrogens is 1. The number of carbonyl (C=O) groups is 1. The van der Waals surface area contributed by atoms with E-state index in [9.17, 15) is 14.9 Å². The molecule has 0 amide bonds. The molecule has 0 spiro atoms. The zero-order valence-corrected chi connectivity index (χ0v) is 10.6. The van der Waals surface area contributed by atoms with Gasteiger partial charge in [-0.3, -0.25) is 15.1 Å². The number of esters is 1. The van der Waals surface area contributed by atoms with Crippen LogP contribution in [0.3, 0.4) is 0 Å². The second-order valence-electron chi connectivity index (χ2n) is 4.05. The monoisotopic (exact) mass is 272 g/mol. The molecule has 0 fully saturated rings. The van der Waals surface area contributed by atoms with Gasteiger partial charge in [-0.1, -0.05) is 12.1 Å². The summed E-state index contributed by atoms with van der Waals surface area (Å²) in [5.41, 5.74) is 1.31. The highest BCUT2D eigenvalue weighted by Crippen LogP contribution is 2.12. The molecule has 0 aliphatic rings. The Morgan fingerprint density at radius 2 is 2.00 bits per heavy atom. The summed E-state index contributed by atoms with van der Waals surface area (Å²) in [7, 11) is 0. The van der Waals surface area contributed by atoms with E-state index in [0.717, 1.165) is 5.56 Å². The summed E-state index contributed by atoms with van der Waals surface area (Å²) in [6, 6.07) is 9.44. The predicted molar refractivity (Wildman–Crippen MR) is 71.3 cm³/mol. The number of hydrogen-bond acceptors (Lipinski definition) is 5. The molecular formula is C14H12N2O4. The van der Waals surface area contributed by atoms with Gasteiger partial charge in [0.15, 0.2) is 0 Å². The zero-order chi connectivity index (χ0) is 14.4. The van der Waals surface area contributed by atoms with Crippen molar-refractivity contribution in [2.45, 2.75) is 6.42 Å². The van der Waals surface area contributed by atoms with E-state index in [-0.39, 0.29) is 12.3 Å². The number of carbonyl (C=O) groups excluding carboxylic acids is 1. The molecule has 20 heavy (non-hydrogen) atoms. The highest BCUT2D eigenvalue weighted by atomic mass is 16.6. The molecule has 0 saturated carbocycles. The van der Waals surface area contributed by atoms with Crippen LogP contribution in [0.2, 0.25) is 0 Å². The van der Waals surface area contributed by atoms with Crippen LogP contribution < -0.4 is 0 Å². The molecule has 0 N–H and O–H groups in total. The topological polar surface area (TPSA) is 82.3 Å². The number of non-ortho nitro benzene ring substituents is 1. The normalized spacial score (nSPS) is 10.0. The van der Waals surface area contributed by atoms with Crippen LogP contribution in [-0.4, -0.2) is 22.5 Å². The fourth-order valence-corrected chi connectivity index (χ4v) is 1.61. The van der Waals surface area contributed by atoms with Crippen molar-refractivity contribution in [2.75, 3.05) is 6.61 Å². The van der Waals surface area contributed by atoms with Crippen LogP contribution in [0.4, 0.5) is 5.69 Å². The minimum Gasteiger partial charge on any atom is -0.462 e. The Morgan fingerprint density at radius 3 is 2.60 bits per heavy atom. The van der Waals surface area contributed by atoms with Crippen LogP contribution in [0.15, 0.2) is 48.8 Å². The van der Waals surface area contributed by atoms with Crippen molar-refractivity contribution < 1.29 is 14.5 Å². The molecule has 0 atom stereocenters. The summed E-state index contributed by atoms with van der Waals surface area (Å²) in [6.45, 7) is 0.214. The Labute approximate surface area is 115 Å². The van der Waals surface area contributed by atoms with E-state index in [1.165, 1.54) is 18.3 Å². The summed E-state index contributed by atoms with van der Waals surface area (Å²) < 4.78 is 5.10. The first-order valence-corrected chi connectivity index (χ1v) is 5.97. The SMILES string of the molecule is O=C(OCCc1ccc([N+](=O)[O-])cc1)c1cccnc1. The van der Waals surface area contributed by atoms with Crippen molar-refractivity contribution >= 4 is 11.7 Å². The maximum Gasteiger partial charge on any atom is 0.339 e. The second-order valence-corrected chi connectivity index (χ2v) is 4.05. The molecule has 0 bridgehead atoms. The molecule has 102 valence electrons. The predicted octanol–water partition coefficient (Wildman–Crippen LogP) is 2.39. The van der Waals surface area contributed by atoms with Gasteiger partial charge in [-0.2, -0.15) is 0 Å². The van der Waals surface area contributed by atoms with Crippen molar-refractivity contribution in [1.29, 1.82) is 0 Å². The molecule has 1 aromatic carbocycles. The van der Waals surface area contributed by atoms with E-state index in [4.69, 9.17) is 4.74 Å². The number of benzene rings is 1. The van der Waals surface area contributed by atoms with Gasteiger partial charge in [0.25, 0.3) is 5.69 Å². The molecular weight excluding hydrogens is 260 g/mol. The molecule has 2 rings (SSSR count). The standard InChI is InChI=1S/C14H12N2O4/c17-14(12-2-1-8-15-10-12)20-9-7-11-3-5-13(6-4-11)16(18)19/h1-6,8,10H,7,9H2. The maximum atomic E-state index is 11.6. The quantitative estimate of drug-likeness (QED) is 0.474. The molecule has 0 unspecified atom stereocenters. The van der Waals surface area contributed by atoms with Gasteiger partial charge in [0.05, 0.1) is 17.1 Å². The van der Waals surface area contributed by atoms with Gasteiger partial charge >= 0.3 is 5.97 Å². The van der Waals surface area contributed by atoms with Crippen molar-refractivity contribution in [3.05, 3.63) is 70.0 Å². The molecule has 0 saturated heterocycles. The number of hydrogen-bond donors (Lipinski definition) is 0. The number of nitro groups is 1. The average molecular weight is 272 g/mol. The lowest BCUT2D eigenvalue weighted by atomic mass is 10.1. The third-order valence-electron chi connectivity index (χ3n) is 2.67.